The Balaban J connectivity index is 1.42. The molecule has 1 fully saturated rings. The molecular formula is C27H32N4O. The summed E-state index contributed by atoms with van der Waals surface area (Å²) in [4.78, 5) is 17.4. The number of carbonyl (C=O) groups excluding carboxylic acids is 1. The summed E-state index contributed by atoms with van der Waals surface area (Å²) >= 11 is 0. The Labute approximate surface area is 190 Å². The Morgan fingerprint density at radius 2 is 1.50 bits per heavy atom. The number of amides is 1. The second-order valence-electron chi connectivity index (χ2n) is 8.67. The van der Waals surface area contributed by atoms with Gasteiger partial charge in [-0.3, -0.25) is 9.69 Å². The number of rotatable bonds is 6. The summed E-state index contributed by atoms with van der Waals surface area (Å²) < 4.78 is 0. The molecule has 0 atom stereocenters. The van der Waals surface area contributed by atoms with Gasteiger partial charge >= 0.3 is 0 Å². The van der Waals surface area contributed by atoms with Crippen LogP contribution in [0.5, 0.6) is 0 Å². The van der Waals surface area contributed by atoms with Crippen molar-refractivity contribution in [2.24, 2.45) is 0 Å². The van der Waals surface area contributed by atoms with Crippen molar-refractivity contribution < 1.29 is 4.79 Å². The van der Waals surface area contributed by atoms with Crippen molar-refractivity contribution in [1.29, 1.82) is 0 Å². The Morgan fingerprint density at radius 1 is 0.938 bits per heavy atom. The molecule has 0 saturated carbocycles. The molecule has 0 aromatic heterocycles. The van der Waals surface area contributed by atoms with Gasteiger partial charge in [-0.15, -0.1) is 0 Å². The standard InChI is InChI=1S/C27H32N4O/c1-30(2)23-13-14-24(25(28)19-23)27(32)29-22-15-17-31(18-16-22)26(20-9-5-3-6-10-20)21-11-7-4-8-12-21/h3-14,19,22,26H,15-18,28H2,1-2H3,(H,29,32). The zero-order chi connectivity index (χ0) is 22.5. The molecule has 1 heterocycles. The predicted molar refractivity (Wildman–Crippen MR) is 132 cm³/mol. The number of nitrogens with two attached hydrogens (primary N) is 1. The van der Waals surface area contributed by atoms with E-state index in [4.69, 9.17) is 5.73 Å². The van der Waals surface area contributed by atoms with Crippen LogP contribution in [0, 0.1) is 0 Å². The van der Waals surface area contributed by atoms with Crippen LogP contribution in [0.15, 0.2) is 78.9 Å². The summed E-state index contributed by atoms with van der Waals surface area (Å²) in [5, 5.41) is 3.20. The average Bonchev–Trinajstić information content (AvgIpc) is 2.81. The molecule has 3 N–H and O–H groups in total. The van der Waals surface area contributed by atoms with Crippen LogP contribution in [0.2, 0.25) is 0 Å². The number of nitrogen functional groups attached to an aromatic ring is 1. The number of nitrogens with one attached hydrogen (secondary N) is 1. The van der Waals surface area contributed by atoms with E-state index in [0.717, 1.165) is 31.6 Å². The minimum Gasteiger partial charge on any atom is -0.398 e. The fourth-order valence-electron chi connectivity index (χ4n) is 4.48. The van der Waals surface area contributed by atoms with E-state index >= 15 is 0 Å². The van der Waals surface area contributed by atoms with Crippen molar-refractivity contribution in [3.8, 4) is 0 Å². The van der Waals surface area contributed by atoms with Gasteiger partial charge < -0.3 is 16.0 Å². The lowest BCUT2D eigenvalue weighted by Gasteiger charge is -2.38. The minimum atomic E-state index is -0.0890. The van der Waals surface area contributed by atoms with Crippen molar-refractivity contribution in [2.45, 2.75) is 24.9 Å². The van der Waals surface area contributed by atoms with Crippen molar-refractivity contribution in [2.75, 3.05) is 37.8 Å². The Hall–Kier alpha value is -3.31. The zero-order valence-electron chi connectivity index (χ0n) is 18.9. The van der Waals surface area contributed by atoms with Gasteiger partial charge in [-0.1, -0.05) is 60.7 Å². The number of hydrogen-bond donors (Lipinski definition) is 2. The molecule has 32 heavy (non-hydrogen) atoms. The third-order valence-electron chi connectivity index (χ3n) is 6.26. The number of likely N-dealkylation sites (tertiary alicyclic amines) is 1. The highest BCUT2D eigenvalue weighted by Crippen LogP contribution is 2.31. The largest absolute Gasteiger partial charge is 0.398 e. The summed E-state index contributed by atoms with van der Waals surface area (Å²) in [7, 11) is 3.92. The molecule has 4 rings (SSSR count). The molecule has 1 aliphatic heterocycles. The zero-order valence-corrected chi connectivity index (χ0v) is 18.9. The topological polar surface area (TPSA) is 61.6 Å². The van der Waals surface area contributed by atoms with E-state index in [2.05, 4.69) is 70.9 Å². The van der Waals surface area contributed by atoms with Gasteiger partial charge in [0, 0.05) is 44.6 Å². The number of piperidine rings is 1. The van der Waals surface area contributed by atoms with Crippen molar-refractivity contribution in [1.82, 2.24) is 10.2 Å². The van der Waals surface area contributed by atoms with Crippen LogP contribution in [0.1, 0.15) is 40.4 Å². The SMILES string of the molecule is CN(C)c1ccc(C(=O)NC2CCN(C(c3ccccc3)c3ccccc3)CC2)c(N)c1. The van der Waals surface area contributed by atoms with E-state index in [1.165, 1.54) is 11.1 Å². The Bertz CT molecular complexity index is 989. The van der Waals surface area contributed by atoms with E-state index in [-0.39, 0.29) is 18.0 Å². The first kappa shape index (κ1) is 21.9. The normalized spacial score (nSPS) is 15.0. The van der Waals surface area contributed by atoms with Crippen LogP contribution in [0.4, 0.5) is 11.4 Å². The third-order valence-corrected chi connectivity index (χ3v) is 6.26. The number of hydrogen-bond acceptors (Lipinski definition) is 4. The van der Waals surface area contributed by atoms with Crippen molar-refractivity contribution in [3.05, 3.63) is 95.6 Å². The lowest BCUT2D eigenvalue weighted by Crippen LogP contribution is -2.46. The van der Waals surface area contributed by atoms with Crippen molar-refractivity contribution in [3.63, 3.8) is 0 Å². The summed E-state index contributed by atoms with van der Waals surface area (Å²) in [6.07, 6.45) is 1.83. The van der Waals surface area contributed by atoms with Gasteiger partial charge in [0.1, 0.15) is 0 Å². The molecule has 1 saturated heterocycles. The predicted octanol–water partition coefficient (Wildman–Crippen LogP) is 4.32. The van der Waals surface area contributed by atoms with Crippen LogP contribution in [0.3, 0.4) is 0 Å². The van der Waals surface area contributed by atoms with Crippen LogP contribution in [-0.2, 0) is 0 Å². The monoisotopic (exact) mass is 428 g/mol. The van der Waals surface area contributed by atoms with Crippen LogP contribution < -0.4 is 16.0 Å². The van der Waals surface area contributed by atoms with Gasteiger partial charge in [0.25, 0.3) is 5.91 Å². The molecular weight excluding hydrogens is 396 g/mol. The first-order valence-electron chi connectivity index (χ1n) is 11.2. The summed E-state index contributed by atoms with van der Waals surface area (Å²) in [6.45, 7) is 1.85. The molecule has 0 bridgehead atoms. The van der Waals surface area contributed by atoms with Crippen LogP contribution in [0.25, 0.3) is 0 Å². The maximum Gasteiger partial charge on any atom is 0.253 e. The maximum atomic E-state index is 12.9. The van der Waals surface area contributed by atoms with Crippen LogP contribution in [-0.4, -0.2) is 44.0 Å². The molecule has 1 aliphatic rings. The second kappa shape index (κ2) is 9.88. The molecule has 3 aromatic rings. The van der Waals surface area contributed by atoms with Gasteiger partial charge in [0.05, 0.1) is 11.6 Å². The summed E-state index contributed by atoms with van der Waals surface area (Å²) in [5.41, 5.74) is 10.8. The minimum absolute atomic E-state index is 0.0890. The molecule has 3 aromatic carbocycles. The summed E-state index contributed by atoms with van der Waals surface area (Å²) in [5.74, 6) is -0.0890. The van der Waals surface area contributed by atoms with Gasteiger partial charge in [-0.2, -0.15) is 0 Å². The number of anilines is 2. The van der Waals surface area contributed by atoms with Gasteiger partial charge in [0.15, 0.2) is 0 Å². The van der Waals surface area contributed by atoms with E-state index < -0.39 is 0 Å². The molecule has 0 radical (unpaired) electrons. The summed E-state index contributed by atoms with van der Waals surface area (Å²) in [6, 6.07) is 27.3. The third kappa shape index (κ3) is 4.94. The van der Waals surface area contributed by atoms with Gasteiger partial charge in [0.2, 0.25) is 0 Å². The molecule has 1 amide bonds. The van der Waals surface area contributed by atoms with Gasteiger partial charge in [-0.25, -0.2) is 0 Å². The molecule has 0 unspecified atom stereocenters. The highest BCUT2D eigenvalue weighted by Gasteiger charge is 2.28. The molecule has 0 spiro atoms. The first-order chi connectivity index (χ1) is 15.5. The highest BCUT2D eigenvalue weighted by molar-refractivity contribution is 5.99. The quantitative estimate of drug-likeness (QED) is 0.574. The molecule has 0 aliphatic carbocycles. The molecule has 5 nitrogen and oxygen atoms in total. The van der Waals surface area contributed by atoms with Crippen LogP contribution >= 0.6 is 0 Å². The lowest BCUT2D eigenvalue weighted by atomic mass is 9.94. The Morgan fingerprint density at radius 3 is 2.00 bits per heavy atom. The maximum absolute atomic E-state index is 12.9. The molecule has 5 heteroatoms. The first-order valence-corrected chi connectivity index (χ1v) is 11.2. The second-order valence-corrected chi connectivity index (χ2v) is 8.67. The lowest BCUT2D eigenvalue weighted by molar-refractivity contribution is 0.0901. The number of nitrogens with zero attached hydrogens (tertiary/aromatic N) is 2. The highest BCUT2D eigenvalue weighted by atomic mass is 16.1. The van der Waals surface area contributed by atoms with Crippen molar-refractivity contribution >= 4 is 17.3 Å². The fourth-order valence-corrected chi connectivity index (χ4v) is 4.48. The number of benzene rings is 3. The van der Waals surface area contributed by atoms with E-state index in [0.29, 0.717) is 11.3 Å². The van der Waals surface area contributed by atoms with E-state index in [9.17, 15) is 4.79 Å². The fraction of sp³-hybridized carbons (Fsp3) is 0.296. The number of carbonyl (C=O) groups is 1. The van der Waals surface area contributed by atoms with E-state index in [1.54, 1.807) is 0 Å². The van der Waals surface area contributed by atoms with Gasteiger partial charge in [-0.05, 0) is 42.2 Å². The smallest absolute Gasteiger partial charge is 0.253 e. The van der Waals surface area contributed by atoms with E-state index in [1.807, 2.05) is 37.2 Å². The average molecular weight is 429 g/mol. The Kier molecular flexibility index (Phi) is 6.76. The molecule has 166 valence electrons.